The molecule has 52 heavy (non-hydrogen) atoms. The van der Waals surface area contributed by atoms with Crippen molar-refractivity contribution in [2.75, 3.05) is 0 Å². The molecule has 1 aliphatic rings. The Bertz CT molecular complexity index is 2490. The third kappa shape index (κ3) is 5.29. The summed E-state index contributed by atoms with van der Waals surface area (Å²) in [6, 6.07) is 59.3. The van der Waals surface area contributed by atoms with E-state index in [-0.39, 0.29) is 0 Å². The Balaban J connectivity index is 1.16. The number of nitriles is 1. The van der Waals surface area contributed by atoms with Gasteiger partial charge in [-0.25, -0.2) is 15.0 Å². The Kier molecular flexibility index (Phi) is 7.64. The van der Waals surface area contributed by atoms with Crippen molar-refractivity contribution in [3.8, 4) is 63.0 Å². The standard InChI is InChI=1S/C46H29N5O/c47-30-31-19-25-38-41(28-31)52-42-29-35(24-26-39(42)46(38,36-14-6-2-7-15-36)37-16-8-3-9-17-37)32-20-22-34(23-21-32)44-49-43(33-12-4-1-5-13-33)50-45(51-44)40-18-10-11-27-48-40/h1-29H. The van der Waals surface area contributed by atoms with Crippen LogP contribution in [0.4, 0.5) is 0 Å². The zero-order valence-electron chi connectivity index (χ0n) is 27.9. The number of rotatable bonds is 6. The molecular formula is C46H29N5O. The fourth-order valence-corrected chi connectivity index (χ4v) is 7.15. The Morgan fingerprint density at radius 3 is 1.60 bits per heavy atom. The van der Waals surface area contributed by atoms with Crippen LogP contribution >= 0.6 is 0 Å². The Hall–Kier alpha value is -7.23. The number of hydrogen-bond donors (Lipinski definition) is 0. The molecule has 0 N–H and O–H groups in total. The summed E-state index contributed by atoms with van der Waals surface area (Å²) in [5, 5.41) is 9.82. The van der Waals surface area contributed by atoms with Crippen LogP contribution in [0.1, 0.15) is 27.8 Å². The summed E-state index contributed by atoms with van der Waals surface area (Å²) in [7, 11) is 0. The minimum Gasteiger partial charge on any atom is -0.457 e. The van der Waals surface area contributed by atoms with E-state index in [4.69, 9.17) is 19.7 Å². The van der Waals surface area contributed by atoms with Crippen molar-refractivity contribution in [2.45, 2.75) is 5.41 Å². The van der Waals surface area contributed by atoms with E-state index in [2.05, 4.69) is 89.9 Å². The van der Waals surface area contributed by atoms with Gasteiger partial charge in [0.2, 0.25) is 0 Å². The lowest BCUT2D eigenvalue weighted by atomic mass is 9.63. The van der Waals surface area contributed by atoms with Crippen LogP contribution in [0.25, 0.3) is 45.4 Å². The number of fused-ring (bicyclic) bond motifs is 2. The summed E-state index contributed by atoms with van der Waals surface area (Å²) in [6.45, 7) is 0. The normalized spacial score (nSPS) is 12.5. The van der Waals surface area contributed by atoms with Crippen LogP contribution in [0, 0.1) is 11.3 Å². The van der Waals surface area contributed by atoms with Crippen molar-refractivity contribution in [1.82, 2.24) is 19.9 Å². The van der Waals surface area contributed by atoms with Crippen molar-refractivity contribution in [1.29, 1.82) is 5.26 Å². The van der Waals surface area contributed by atoms with Gasteiger partial charge in [0.05, 0.1) is 17.0 Å². The molecule has 1 aliphatic heterocycles. The van der Waals surface area contributed by atoms with Crippen molar-refractivity contribution < 1.29 is 4.74 Å². The molecule has 0 atom stereocenters. The van der Waals surface area contributed by atoms with Gasteiger partial charge in [-0.1, -0.05) is 140 Å². The van der Waals surface area contributed by atoms with Gasteiger partial charge >= 0.3 is 0 Å². The molecule has 0 aliphatic carbocycles. The maximum absolute atomic E-state index is 9.82. The van der Waals surface area contributed by atoms with Crippen molar-refractivity contribution in [3.63, 3.8) is 0 Å². The second-order valence-electron chi connectivity index (χ2n) is 12.6. The van der Waals surface area contributed by atoms with Gasteiger partial charge in [0.15, 0.2) is 17.5 Å². The zero-order valence-corrected chi connectivity index (χ0v) is 27.9. The molecule has 0 fully saturated rings. The predicted octanol–water partition coefficient (Wildman–Crippen LogP) is 10.3. The SMILES string of the molecule is N#Cc1ccc2c(c1)Oc1cc(-c3ccc(-c4nc(-c5ccccc5)nc(-c5ccccn5)n4)cc3)ccc1C2(c1ccccc1)c1ccccc1. The molecule has 244 valence electrons. The first-order valence-corrected chi connectivity index (χ1v) is 17.0. The highest BCUT2D eigenvalue weighted by atomic mass is 16.5. The minimum absolute atomic E-state index is 0.514. The minimum atomic E-state index is -0.664. The first-order chi connectivity index (χ1) is 25.7. The fraction of sp³-hybridized carbons (Fsp3) is 0.0217. The molecule has 0 bridgehead atoms. The van der Waals surface area contributed by atoms with Crippen molar-refractivity contribution in [3.05, 3.63) is 204 Å². The molecule has 0 spiro atoms. The summed E-state index contributed by atoms with van der Waals surface area (Å²) >= 11 is 0. The lowest BCUT2D eigenvalue weighted by molar-refractivity contribution is 0.434. The van der Waals surface area contributed by atoms with Gasteiger partial charge in [0.25, 0.3) is 0 Å². The molecule has 6 nitrogen and oxygen atoms in total. The van der Waals surface area contributed by atoms with Crippen LogP contribution in [0.3, 0.4) is 0 Å². The van der Waals surface area contributed by atoms with Crippen LogP contribution in [0.5, 0.6) is 11.5 Å². The summed E-state index contributed by atoms with van der Waals surface area (Å²) in [6.07, 6.45) is 1.74. The second-order valence-corrected chi connectivity index (χ2v) is 12.6. The first kappa shape index (κ1) is 30.8. The third-order valence-corrected chi connectivity index (χ3v) is 9.57. The Morgan fingerprint density at radius 1 is 0.462 bits per heavy atom. The van der Waals surface area contributed by atoms with Crippen LogP contribution in [0.15, 0.2) is 176 Å². The van der Waals surface area contributed by atoms with Gasteiger partial charge in [-0.15, -0.1) is 0 Å². The van der Waals surface area contributed by atoms with E-state index < -0.39 is 5.41 Å². The molecule has 8 aromatic rings. The van der Waals surface area contributed by atoms with E-state index in [1.807, 2.05) is 91.0 Å². The van der Waals surface area contributed by atoms with Gasteiger partial charge in [-0.3, -0.25) is 4.98 Å². The van der Waals surface area contributed by atoms with E-state index in [1.54, 1.807) is 6.20 Å². The highest BCUT2D eigenvalue weighted by Crippen LogP contribution is 2.56. The van der Waals surface area contributed by atoms with Crippen molar-refractivity contribution in [2.24, 2.45) is 0 Å². The van der Waals surface area contributed by atoms with E-state index in [0.717, 1.165) is 50.3 Å². The Labute approximate surface area is 301 Å². The summed E-state index contributed by atoms with van der Waals surface area (Å²) in [5.41, 5.74) is 8.59. The molecule has 2 aromatic heterocycles. The predicted molar refractivity (Wildman–Crippen MR) is 202 cm³/mol. The topological polar surface area (TPSA) is 84.6 Å². The van der Waals surface area contributed by atoms with Gasteiger partial charge in [-0.2, -0.15) is 5.26 Å². The van der Waals surface area contributed by atoms with E-state index in [1.165, 1.54) is 0 Å². The summed E-state index contributed by atoms with van der Waals surface area (Å²) < 4.78 is 6.70. The molecule has 6 heteroatoms. The largest absolute Gasteiger partial charge is 0.457 e. The van der Waals surface area contributed by atoms with Crippen molar-refractivity contribution >= 4 is 0 Å². The second kappa shape index (κ2) is 12.9. The molecule has 6 aromatic carbocycles. The van der Waals surface area contributed by atoms with Crippen LogP contribution in [0.2, 0.25) is 0 Å². The van der Waals surface area contributed by atoms with Crippen LogP contribution in [-0.2, 0) is 5.41 Å². The number of ether oxygens (including phenoxy) is 1. The van der Waals surface area contributed by atoms with Gasteiger partial charge < -0.3 is 4.74 Å². The molecule has 9 rings (SSSR count). The van der Waals surface area contributed by atoms with E-state index >= 15 is 0 Å². The average Bonchev–Trinajstić information content (AvgIpc) is 3.23. The maximum Gasteiger partial charge on any atom is 0.182 e. The van der Waals surface area contributed by atoms with Gasteiger partial charge in [0.1, 0.15) is 17.2 Å². The van der Waals surface area contributed by atoms with Gasteiger partial charge in [0, 0.05) is 28.5 Å². The number of nitrogens with zero attached hydrogens (tertiary/aromatic N) is 5. The highest BCUT2D eigenvalue weighted by molar-refractivity contribution is 5.76. The zero-order chi connectivity index (χ0) is 34.9. The quantitative estimate of drug-likeness (QED) is 0.175. The lowest BCUT2D eigenvalue weighted by Gasteiger charge is -2.41. The number of benzene rings is 6. The number of aromatic nitrogens is 4. The molecule has 0 saturated heterocycles. The lowest BCUT2D eigenvalue weighted by Crippen LogP contribution is -2.34. The Morgan fingerprint density at radius 2 is 0.981 bits per heavy atom. The van der Waals surface area contributed by atoms with E-state index in [0.29, 0.717) is 34.5 Å². The molecule has 3 heterocycles. The smallest absolute Gasteiger partial charge is 0.182 e. The average molecular weight is 668 g/mol. The van der Waals surface area contributed by atoms with Crippen LogP contribution in [-0.4, -0.2) is 19.9 Å². The summed E-state index contributed by atoms with van der Waals surface area (Å²) in [4.78, 5) is 19.0. The third-order valence-electron chi connectivity index (χ3n) is 9.57. The highest BCUT2D eigenvalue weighted by Gasteiger charge is 2.45. The molecule has 0 saturated carbocycles. The fourth-order valence-electron chi connectivity index (χ4n) is 7.15. The molecule has 0 amide bonds. The molecule has 0 radical (unpaired) electrons. The molecular weight excluding hydrogens is 639 g/mol. The number of pyridine rings is 1. The van der Waals surface area contributed by atoms with E-state index in [9.17, 15) is 5.26 Å². The van der Waals surface area contributed by atoms with Gasteiger partial charge in [-0.05, 0) is 52.6 Å². The maximum atomic E-state index is 9.82. The first-order valence-electron chi connectivity index (χ1n) is 17.0. The molecule has 0 unspecified atom stereocenters. The monoisotopic (exact) mass is 667 g/mol. The van der Waals surface area contributed by atoms with Crippen LogP contribution < -0.4 is 4.74 Å². The summed E-state index contributed by atoms with van der Waals surface area (Å²) in [5.74, 6) is 3.07. The number of hydrogen-bond acceptors (Lipinski definition) is 6.